The van der Waals surface area contributed by atoms with Gasteiger partial charge in [0.15, 0.2) is 6.29 Å². The maximum Gasteiger partial charge on any atom is 0.151 e. The summed E-state index contributed by atoms with van der Waals surface area (Å²) >= 11 is 3.13. The van der Waals surface area contributed by atoms with Crippen LogP contribution in [0.15, 0.2) is 22.4 Å². The molecule has 0 saturated heterocycles. The molecule has 1 heterocycles. The molecular formula is C10H9NOS2. The van der Waals surface area contributed by atoms with Gasteiger partial charge >= 0.3 is 0 Å². The van der Waals surface area contributed by atoms with Crippen molar-refractivity contribution in [1.82, 2.24) is 0 Å². The molecule has 0 saturated carbocycles. The van der Waals surface area contributed by atoms with Gasteiger partial charge in [0.25, 0.3) is 0 Å². The third-order valence-electron chi connectivity index (χ3n) is 2.11. The van der Waals surface area contributed by atoms with Crippen molar-refractivity contribution in [3.63, 3.8) is 0 Å². The van der Waals surface area contributed by atoms with Crippen LogP contribution in [0.5, 0.6) is 0 Å². The van der Waals surface area contributed by atoms with E-state index in [9.17, 15) is 4.79 Å². The molecule has 0 aliphatic rings. The van der Waals surface area contributed by atoms with Gasteiger partial charge in [0.2, 0.25) is 0 Å². The van der Waals surface area contributed by atoms with Crippen molar-refractivity contribution in [3.8, 4) is 0 Å². The number of rotatable bonds is 2. The molecule has 0 unspecified atom stereocenters. The van der Waals surface area contributed by atoms with E-state index in [1.54, 1.807) is 23.1 Å². The van der Waals surface area contributed by atoms with E-state index in [4.69, 9.17) is 5.73 Å². The largest absolute Gasteiger partial charge is 0.398 e. The summed E-state index contributed by atoms with van der Waals surface area (Å²) in [6.07, 6.45) is 2.84. The highest BCUT2D eigenvalue weighted by atomic mass is 32.2. The molecule has 1 aromatic heterocycles. The standard InChI is InChI=1S/C10H9NOS2/c1-13-8-2-3-9-10(6(8)4-12)7(11)5-14-9/h2-5H,11H2,1H3. The monoisotopic (exact) mass is 223 g/mol. The van der Waals surface area contributed by atoms with Gasteiger partial charge in [-0.1, -0.05) is 0 Å². The summed E-state index contributed by atoms with van der Waals surface area (Å²) in [5.74, 6) is 0. The van der Waals surface area contributed by atoms with E-state index in [1.807, 2.05) is 23.8 Å². The second-order valence-electron chi connectivity index (χ2n) is 2.86. The van der Waals surface area contributed by atoms with E-state index in [1.165, 1.54) is 0 Å². The molecule has 0 bridgehead atoms. The summed E-state index contributed by atoms with van der Waals surface area (Å²) in [5, 5.41) is 2.78. The first-order valence-electron chi connectivity index (χ1n) is 4.06. The number of anilines is 1. The van der Waals surface area contributed by atoms with E-state index in [-0.39, 0.29) is 0 Å². The molecule has 2 nitrogen and oxygen atoms in total. The van der Waals surface area contributed by atoms with Gasteiger partial charge in [0.05, 0.1) is 5.69 Å². The van der Waals surface area contributed by atoms with Crippen molar-refractivity contribution in [2.75, 3.05) is 12.0 Å². The Morgan fingerprint density at radius 1 is 1.50 bits per heavy atom. The average Bonchev–Trinajstić information content (AvgIpc) is 2.59. The predicted molar refractivity (Wildman–Crippen MR) is 63.4 cm³/mol. The summed E-state index contributed by atoms with van der Waals surface area (Å²) in [4.78, 5) is 12.0. The summed E-state index contributed by atoms with van der Waals surface area (Å²) in [5.41, 5.74) is 7.23. The molecule has 0 radical (unpaired) electrons. The molecule has 2 rings (SSSR count). The molecule has 2 aromatic rings. The number of carbonyl (C=O) groups is 1. The molecule has 0 fully saturated rings. The number of fused-ring (bicyclic) bond motifs is 1. The lowest BCUT2D eigenvalue weighted by molar-refractivity contribution is 0.112. The summed E-state index contributed by atoms with van der Waals surface area (Å²) in [6.45, 7) is 0. The second kappa shape index (κ2) is 3.63. The van der Waals surface area contributed by atoms with E-state index in [0.29, 0.717) is 11.3 Å². The zero-order chi connectivity index (χ0) is 10.1. The van der Waals surface area contributed by atoms with Crippen LogP contribution in [-0.4, -0.2) is 12.5 Å². The molecule has 1 aromatic carbocycles. The Labute approximate surface area is 90.1 Å². The second-order valence-corrected chi connectivity index (χ2v) is 4.62. The Morgan fingerprint density at radius 3 is 2.93 bits per heavy atom. The zero-order valence-electron chi connectivity index (χ0n) is 7.61. The van der Waals surface area contributed by atoms with Gasteiger partial charge in [0, 0.05) is 25.9 Å². The Kier molecular flexibility index (Phi) is 2.48. The minimum Gasteiger partial charge on any atom is -0.398 e. The fourth-order valence-corrected chi connectivity index (χ4v) is 2.90. The topological polar surface area (TPSA) is 43.1 Å². The number of thiophene rings is 1. The van der Waals surface area contributed by atoms with Crippen molar-refractivity contribution in [2.24, 2.45) is 0 Å². The van der Waals surface area contributed by atoms with Crippen LogP contribution in [0.3, 0.4) is 0 Å². The molecule has 14 heavy (non-hydrogen) atoms. The first-order chi connectivity index (χ1) is 6.77. The molecule has 0 aliphatic heterocycles. The van der Waals surface area contributed by atoms with Gasteiger partial charge in [-0.25, -0.2) is 0 Å². The molecule has 0 amide bonds. The van der Waals surface area contributed by atoms with E-state index in [0.717, 1.165) is 21.3 Å². The summed E-state index contributed by atoms with van der Waals surface area (Å²) in [6, 6.07) is 3.97. The molecule has 0 aliphatic carbocycles. The highest BCUT2D eigenvalue weighted by Gasteiger charge is 2.10. The van der Waals surface area contributed by atoms with Crippen LogP contribution in [-0.2, 0) is 0 Å². The first kappa shape index (κ1) is 9.55. The van der Waals surface area contributed by atoms with Gasteiger partial charge in [0.1, 0.15) is 0 Å². The Bertz CT molecular complexity index is 490. The first-order valence-corrected chi connectivity index (χ1v) is 6.17. The molecule has 2 N–H and O–H groups in total. The van der Waals surface area contributed by atoms with Crippen molar-refractivity contribution >= 4 is 45.2 Å². The normalized spacial score (nSPS) is 10.6. The van der Waals surface area contributed by atoms with Crippen LogP contribution in [0.25, 0.3) is 10.1 Å². The lowest BCUT2D eigenvalue weighted by Gasteiger charge is -2.02. The maximum absolute atomic E-state index is 11.0. The van der Waals surface area contributed by atoms with Gasteiger partial charge in [-0.3, -0.25) is 4.79 Å². The minimum atomic E-state index is 0.697. The molecule has 0 atom stereocenters. The van der Waals surface area contributed by atoms with Crippen LogP contribution in [0.2, 0.25) is 0 Å². The zero-order valence-corrected chi connectivity index (χ0v) is 9.24. The van der Waals surface area contributed by atoms with Gasteiger partial charge in [-0.05, 0) is 18.4 Å². The highest BCUT2D eigenvalue weighted by Crippen LogP contribution is 2.34. The maximum atomic E-state index is 11.0. The molecule has 72 valence electrons. The van der Waals surface area contributed by atoms with Crippen molar-refractivity contribution in [2.45, 2.75) is 4.90 Å². The SMILES string of the molecule is CSc1ccc2scc(N)c2c1C=O. The smallest absolute Gasteiger partial charge is 0.151 e. The quantitative estimate of drug-likeness (QED) is 0.628. The van der Waals surface area contributed by atoms with E-state index in [2.05, 4.69) is 0 Å². The summed E-state index contributed by atoms with van der Waals surface area (Å²) in [7, 11) is 0. The number of thioether (sulfide) groups is 1. The molecule has 4 heteroatoms. The highest BCUT2D eigenvalue weighted by molar-refractivity contribution is 7.98. The van der Waals surface area contributed by atoms with Crippen molar-refractivity contribution < 1.29 is 4.79 Å². The van der Waals surface area contributed by atoms with Crippen LogP contribution in [0.1, 0.15) is 10.4 Å². The fourth-order valence-electron chi connectivity index (χ4n) is 1.46. The Hall–Kier alpha value is -1.00. The van der Waals surface area contributed by atoms with Crippen molar-refractivity contribution in [1.29, 1.82) is 0 Å². The van der Waals surface area contributed by atoms with Crippen LogP contribution in [0.4, 0.5) is 5.69 Å². The molecule has 0 spiro atoms. The number of benzene rings is 1. The molecular weight excluding hydrogens is 214 g/mol. The van der Waals surface area contributed by atoms with Gasteiger partial charge in [-0.2, -0.15) is 0 Å². The average molecular weight is 223 g/mol. The van der Waals surface area contributed by atoms with Crippen LogP contribution < -0.4 is 5.73 Å². The van der Waals surface area contributed by atoms with E-state index >= 15 is 0 Å². The Balaban J connectivity index is 2.87. The fraction of sp³-hybridized carbons (Fsp3) is 0.100. The predicted octanol–water partition coefficient (Wildman–Crippen LogP) is 3.02. The van der Waals surface area contributed by atoms with Crippen molar-refractivity contribution in [3.05, 3.63) is 23.1 Å². The lowest BCUT2D eigenvalue weighted by Crippen LogP contribution is -1.89. The van der Waals surface area contributed by atoms with Crippen LogP contribution in [0, 0.1) is 0 Å². The van der Waals surface area contributed by atoms with E-state index < -0.39 is 0 Å². The number of nitrogens with two attached hydrogens (primary N) is 1. The third kappa shape index (κ3) is 1.31. The lowest BCUT2D eigenvalue weighted by atomic mass is 10.1. The number of carbonyl (C=O) groups excluding carboxylic acids is 1. The van der Waals surface area contributed by atoms with Gasteiger partial charge < -0.3 is 5.73 Å². The van der Waals surface area contributed by atoms with Gasteiger partial charge in [-0.15, -0.1) is 23.1 Å². The number of aldehydes is 1. The summed E-state index contributed by atoms with van der Waals surface area (Å²) < 4.78 is 1.07. The third-order valence-corrected chi connectivity index (χ3v) is 3.87. The number of nitrogen functional groups attached to an aromatic ring is 1. The number of hydrogen-bond donors (Lipinski definition) is 1. The number of hydrogen-bond acceptors (Lipinski definition) is 4. The Morgan fingerprint density at radius 2 is 2.29 bits per heavy atom. The van der Waals surface area contributed by atoms with Crippen LogP contribution >= 0.6 is 23.1 Å². The minimum absolute atomic E-state index is 0.697.